The fraction of sp³-hybridized carbons (Fsp3) is 0.235. The van der Waals surface area contributed by atoms with Crippen molar-refractivity contribution in [1.29, 1.82) is 0 Å². The standard InChI is InChI=1S/C17H18O3/c18-17(20-16-9-5-2-6-10-16)12-14-19-13-11-15-7-3-1-4-8-15/h1-10H,11-14H2. The number of ether oxygens (including phenoxy) is 2. The highest BCUT2D eigenvalue weighted by atomic mass is 16.5. The monoisotopic (exact) mass is 270 g/mol. The molecule has 0 aliphatic heterocycles. The van der Waals surface area contributed by atoms with Gasteiger partial charge >= 0.3 is 5.97 Å². The molecule has 2 rings (SSSR count). The van der Waals surface area contributed by atoms with Crippen LogP contribution < -0.4 is 4.74 Å². The minimum absolute atomic E-state index is 0.268. The SMILES string of the molecule is O=C(CCOCCc1ccccc1)Oc1ccccc1. The predicted octanol–water partition coefficient (Wildman–Crippen LogP) is 3.24. The van der Waals surface area contributed by atoms with Crippen molar-refractivity contribution < 1.29 is 14.3 Å². The van der Waals surface area contributed by atoms with Gasteiger partial charge in [-0.2, -0.15) is 0 Å². The molecule has 0 heterocycles. The van der Waals surface area contributed by atoms with Gasteiger partial charge in [0.05, 0.1) is 19.6 Å². The Morgan fingerprint density at radius 1 is 0.850 bits per heavy atom. The highest BCUT2D eigenvalue weighted by Gasteiger charge is 2.04. The molecule has 2 aromatic rings. The lowest BCUT2D eigenvalue weighted by Gasteiger charge is -2.05. The fourth-order valence-electron chi connectivity index (χ4n) is 1.76. The second-order valence-electron chi connectivity index (χ2n) is 4.39. The van der Waals surface area contributed by atoms with E-state index in [0.29, 0.717) is 19.0 Å². The van der Waals surface area contributed by atoms with Gasteiger partial charge in [0.1, 0.15) is 5.75 Å². The molecule has 104 valence electrons. The van der Waals surface area contributed by atoms with E-state index in [-0.39, 0.29) is 12.4 Å². The molecule has 0 bridgehead atoms. The highest BCUT2D eigenvalue weighted by Crippen LogP contribution is 2.09. The summed E-state index contributed by atoms with van der Waals surface area (Å²) in [4.78, 5) is 11.5. The Morgan fingerprint density at radius 2 is 1.50 bits per heavy atom. The zero-order valence-electron chi connectivity index (χ0n) is 11.3. The van der Waals surface area contributed by atoms with E-state index in [1.807, 2.05) is 36.4 Å². The number of para-hydroxylation sites is 1. The van der Waals surface area contributed by atoms with Gasteiger partial charge in [0, 0.05) is 0 Å². The molecular weight excluding hydrogens is 252 g/mol. The van der Waals surface area contributed by atoms with Crippen LogP contribution >= 0.6 is 0 Å². The van der Waals surface area contributed by atoms with Crippen LogP contribution in [0.2, 0.25) is 0 Å². The predicted molar refractivity (Wildman–Crippen MR) is 77.7 cm³/mol. The maximum absolute atomic E-state index is 11.5. The second kappa shape index (κ2) is 8.12. The first-order valence-electron chi connectivity index (χ1n) is 6.72. The molecule has 0 N–H and O–H groups in total. The topological polar surface area (TPSA) is 35.5 Å². The Hall–Kier alpha value is -2.13. The lowest BCUT2D eigenvalue weighted by molar-refractivity contribution is -0.135. The van der Waals surface area contributed by atoms with Crippen molar-refractivity contribution in [2.75, 3.05) is 13.2 Å². The van der Waals surface area contributed by atoms with Crippen LogP contribution in [0.25, 0.3) is 0 Å². The van der Waals surface area contributed by atoms with E-state index in [1.54, 1.807) is 12.1 Å². The molecule has 0 saturated heterocycles. The molecule has 3 heteroatoms. The van der Waals surface area contributed by atoms with Crippen LogP contribution in [0.4, 0.5) is 0 Å². The molecule has 3 nitrogen and oxygen atoms in total. The van der Waals surface area contributed by atoms with Gasteiger partial charge in [-0.05, 0) is 24.1 Å². The van der Waals surface area contributed by atoms with Gasteiger partial charge in [0.25, 0.3) is 0 Å². The van der Waals surface area contributed by atoms with Crippen LogP contribution in [0.5, 0.6) is 5.75 Å². The first-order valence-corrected chi connectivity index (χ1v) is 6.72. The molecular formula is C17H18O3. The van der Waals surface area contributed by atoms with Gasteiger partial charge < -0.3 is 9.47 Å². The maximum Gasteiger partial charge on any atom is 0.313 e. The minimum Gasteiger partial charge on any atom is -0.426 e. The van der Waals surface area contributed by atoms with E-state index < -0.39 is 0 Å². The van der Waals surface area contributed by atoms with Gasteiger partial charge in [-0.25, -0.2) is 0 Å². The summed E-state index contributed by atoms with van der Waals surface area (Å²) in [6.07, 6.45) is 1.12. The van der Waals surface area contributed by atoms with E-state index in [1.165, 1.54) is 5.56 Å². The first kappa shape index (κ1) is 14.3. The summed E-state index contributed by atoms with van der Waals surface area (Å²) in [7, 11) is 0. The third-order valence-electron chi connectivity index (χ3n) is 2.80. The highest BCUT2D eigenvalue weighted by molar-refractivity contribution is 5.72. The Morgan fingerprint density at radius 3 is 2.20 bits per heavy atom. The van der Waals surface area contributed by atoms with Crippen LogP contribution in [-0.4, -0.2) is 19.2 Å². The van der Waals surface area contributed by atoms with E-state index in [9.17, 15) is 4.79 Å². The lowest BCUT2D eigenvalue weighted by atomic mass is 10.2. The Balaban J connectivity index is 1.58. The van der Waals surface area contributed by atoms with Gasteiger partial charge in [-0.1, -0.05) is 48.5 Å². The van der Waals surface area contributed by atoms with Crippen molar-refractivity contribution in [2.24, 2.45) is 0 Å². The number of esters is 1. The molecule has 0 saturated carbocycles. The summed E-state index contributed by atoms with van der Waals surface area (Å²) >= 11 is 0. The summed E-state index contributed by atoms with van der Waals surface area (Å²) in [5, 5.41) is 0. The van der Waals surface area contributed by atoms with E-state index in [4.69, 9.17) is 9.47 Å². The summed E-state index contributed by atoms with van der Waals surface area (Å²) in [5.41, 5.74) is 1.24. The normalized spacial score (nSPS) is 10.2. The number of carbonyl (C=O) groups excluding carboxylic acids is 1. The van der Waals surface area contributed by atoms with E-state index in [0.717, 1.165) is 6.42 Å². The van der Waals surface area contributed by atoms with Gasteiger partial charge in [0.2, 0.25) is 0 Å². The van der Waals surface area contributed by atoms with Gasteiger partial charge in [-0.15, -0.1) is 0 Å². The van der Waals surface area contributed by atoms with Crippen LogP contribution in [-0.2, 0) is 16.0 Å². The largest absolute Gasteiger partial charge is 0.426 e. The van der Waals surface area contributed by atoms with Crippen LogP contribution in [0.15, 0.2) is 60.7 Å². The van der Waals surface area contributed by atoms with Crippen molar-refractivity contribution >= 4 is 5.97 Å². The molecule has 0 aliphatic carbocycles. The smallest absolute Gasteiger partial charge is 0.313 e. The van der Waals surface area contributed by atoms with Gasteiger partial charge in [-0.3, -0.25) is 4.79 Å². The zero-order chi connectivity index (χ0) is 14.0. The maximum atomic E-state index is 11.5. The summed E-state index contributed by atoms with van der Waals surface area (Å²) in [5.74, 6) is 0.303. The van der Waals surface area contributed by atoms with Crippen molar-refractivity contribution in [2.45, 2.75) is 12.8 Å². The third kappa shape index (κ3) is 5.24. The molecule has 0 aromatic heterocycles. The zero-order valence-corrected chi connectivity index (χ0v) is 11.3. The molecule has 0 amide bonds. The molecule has 0 spiro atoms. The fourth-order valence-corrected chi connectivity index (χ4v) is 1.76. The number of benzene rings is 2. The van der Waals surface area contributed by atoms with Crippen molar-refractivity contribution in [1.82, 2.24) is 0 Å². The van der Waals surface area contributed by atoms with Crippen LogP contribution in [0.3, 0.4) is 0 Å². The van der Waals surface area contributed by atoms with Crippen LogP contribution in [0, 0.1) is 0 Å². The minimum atomic E-state index is -0.268. The Labute approximate surface area is 119 Å². The number of hydrogen-bond acceptors (Lipinski definition) is 3. The number of carbonyl (C=O) groups is 1. The summed E-state index contributed by atoms with van der Waals surface area (Å²) < 4.78 is 10.6. The van der Waals surface area contributed by atoms with E-state index >= 15 is 0 Å². The molecule has 0 unspecified atom stereocenters. The van der Waals surface area contributed by atoms with Crippen molar-refractivity contribution in [3.05, 3.63) is 66.2 Å². The van der Waals surface area contributed by atoms with Crippen LogP contribution in [0.1, 0.15) is 12.0 Å². The first-order chi connectivity index (χ1) is 9.84. The second-order valence-corrected chi connectivity index (χ2v) is 4.39. The molecule has 0 aliphatic rings. The average Bonchev–Trinajstić information content (AvgIpc) is 2.49. The molecule has 0 radical (unpaired) electrons. The van der Waals surface area contributed by atoms with Crippen molar-refractivity contribution in [3.63, 3.8) is 0 Å². The Kier molecular flexibility index (Phi) is 5.80. The number of rotatable bonds is 7. The van der Waals surface area contributed by atoms with E-state index in [2.05, 4.69) is 12.1 Å². The third-order valence-corrected chi connectivity index (χ3v) is 2.80. The molecule has 0 fully saturated rings. The lowest BCUT2D eigenvalue weighted by Crippen LogP contribution is -2.12. The average molecular weight is 270 g/mol. The number of hydrogen-bond donors (Lipinski definition) is 0. The molecule has 20 heavy (non-hydrogen) atoms. The summed E-state index contributed by atoms with van der Waals surface area (Å²) in [6.45, 7) is 1.00. The Bertz CT molecular complexity index is 508. The molecule has 2 aromatic carbocycles. The summed E-state index contributed by atoms with van der Waals surface area (Å²) in [6, 6.07) is 19.2. The quantitative estimate of drug-likeness (QED) is 0.440. The molecule has 0 atom stereocenters. The van der Waals surface area contributed by atoms with Crippen molar-refractivity contribution in [3.8, 4) is 5.75 Å². The van der Waals surface area contributed by atoms with Gasteiger partial charge in [0.15, 0.2) is 0 Å².